The number of rotatable bonds is 4. The summed E-state index contributed by atoms with van der Waals surface area (Å²) >= 11 is 0. The molecule has 3 rings (SSSR count). The van der Waals surface area contributed by atoms with Crippen LogP contribution in [0, 0.1) is 12.8 Å². The predicted molar refractivity (Wildman–Crippen MR) is 79.0 cm³/mol. The van der Waals surface area contributed by atoms with Crippen LogP contribution in [0.25, 0.3) is 10.9 Å². The fourth-order valence-corrected chi connectivity index (χ4v) is 2.96. The maximum atomic E-state index is 12.6. The second-order valence-electron chi connectivity index (χ2n) is 5.46. The molecule has 0 radical (unpaired) electrons. The average molecular weight is 272 g/mol. The molecule has 0 amide bonds. The van der Waals surface area contributed by atoms with Crippen molar-refractivity contribution in [2.45, 2.75) is 19.8 Å². The van der Waals surface area contributed by atoms with E-state index < -0.39 is 0 Å². The molecule has 106 valence electrons. The molecular weight excluding hydrogens is 252 g/mol. The Bertz CT molecular complexity index is 641. The van der Waals surface area contributed by atoms with E-state index in [1.165, 1.54) is 5.56 Å². The minimum Gasteiger partial charge on any atom is -0.381 e. The first-order valence-electron chi connectivity index (χ1n) is 7.12. The number of carbonyl (C=O) groups is 1. The lowest BCUT2D eigenvalue weighted by Crippen LogP contribution is -2.31. The summed E-state index contributed by atoms with van der Waals surface area (Å²) in [7, 11) is 0. The second-order valence-corrected chi connectivity index (χ2v) is 5.46. The number of fused-ring (bicyclic) bond motifs is 1. The number of para-hydroxylation sites is 1. The van der Waals surface area contributed by atoms with Crippen molar-refractivity contribution in [3.8, 4) is 0 Å². The quantitative estimate of drug-likeness (QED) is 0.927. The Morgan fingerprint density at radius 2 is 2.15 bits per heavy atom. The van der Waals surface area contributed by atoms with Gasteiger partial charge in [0.05, 0.1) is 18.7 Å². The van der Waals surface area contributed by atoms with E-state index in [4.69, 9.17) is 10.5 Å². The Labute approximate surface area is 118 Å². The number of aromatic nitrogens is 1. The lowest BCUT2D eigenvalue weighted by molar-refractivity contribution is -0.0332. The number of hydrogen-bond donors (Lipinski definition) is 1. The Morgan fingerprint density at radius 1 is 1.40 bits per heavy atom. The van der Waals surface area contributed by atoms with Gasteiger partial charge in [-0.2, -0.15) is 0 Å². The first-order valence-corrected chi connectivity index (χ1v) is 7.12. The molecule has 0 aliphatic carbocycles. The summed E-state index contributed by atoms with van der Waals surface area (Å²) in [6.07, 6.45) is 1.36. The SMILES string of the molecule is Cc1c(CCN)c2ccccc2n1C(=O)CC1COC1. The molecule has 2 N–H and O–H groups in total. The number of ether oxygens (including phenoxy) is 1. The highest BCUT2D eigenvalue weighted by atomic mass is 16.5. The van der Waals surface area contributed by atoms with Gasteiger partial charge in [-0.1, -0.05) is 18.2 Å². The van der Waals surface area contributed by atoms with Gasteiger partial charge in [-0.15, -0.1) is 0 Å². The standard InChI is InChI=1S/C16H20N2O2/c1-11-13(6-7-17)14-4-2-3-5-15(14)18(11)16(19)8-12-9-20-10-12/h2-5,12H,6-10,17H2,1H3. The summed E-state index contributed by atoms with van der Waals surface area (Å²) in [5, 5.41) is 1.15. The molecule has 0 atom stereocenters. The van der Waals surface area contributed by atoms with Crippen LogP contribution in [0.5, 0.6) is 0 Å². The third-order valence-corrected chi connectivity index (χ3v) is 4.06. The molecule has 20 heavy (non-hydrogen) atoms. The molecule has 1 aromatic heterocycles. The van der Waals surface area contributed by atoms with Crippen LogP contribution in [0.3, 0.4) is 0 Å². The van der Waals surface area contributed by atoms with E-state index in [2.05, 4.69) is 6.07 Å². The van der Waals surface area contributed by atoms with Gasteiger partial charge in [0.15, 0.2) is 0 Å². The Morgan fingerprint density at radius 3 is 2.80 bits per heavy atom. The Balaban J connectivity index is 2.04. The van der Waals surface area contributed by atoms with Crippen molar-refractivity contribution in [1.82, 2.24) is 4.57 Å². The second kappa shape index (κ2) is 5.38. The smallest absolute Gasteiger partial charge is 0.231 e. The molecule has 0 saturated carbocycles. The summed E-state index contributed by atoms with van der Waals surface area (Å²) in [6.45, 7) is 4.03. The summed E-state index contributed by atoms with van der Waals surface area (Å²) in [4.78, 5) is 12.6. The molecule has 4 heteroatoms. The Hall–Kier alpha value is -1.65. The molecule has 1 aliphatic heterocycles. The van der Waals surface area contributed by atoms with Gasteiger partial charge in [-0.25, -0.2) is 0 Å². The molecule has 4 nitrogen and oxygen atoms in total. The van der Waals surface area contributed by atoms with E-state index in [0.717, 1.165) is 23.0 Å². The van der Waals surface area contributed by atoms with Crippen molar-refractivity contribution in [3.63, 3.8) is 0 Å². The van der Waals surface area contributed by atoms with E-state index in [9.17, 15) is 4.79 Å². The van der Waals surface area contributed by atoms with Gasteiger partial charge < -0.3 is 10.5 Å². The van der Waals surface area contributed by atoms with Crippen LogP contribution in [-0.2, 0) is 11.2 Å². The zero-order valence-corrected chi connectivity index (χ0v) is 11.8. The summed E-state index contributed by atoms with van der Waals surface area (Å²) in [6, 6.07) is 8.07. The van der Waals surface area contributed by atoms with E-state index in [1.54, 1.807) is 0 Å². The van der Waals surface area contributed by atoms with Crippen LogP contribution >= 0.6 is 0 Å². The predicted octanol–water partition coefficient (Wildman–Crippen LogP) is 2.13. The highest BCUT2D eigenvalue weighted by molar-refractivity contribution is 5.96. The van der Waals surface area contributed by atoms with Gasteiger partial charge in [0.2, 0.25) is 5.91 Å². The number of nitrogens with two attached hydrogens (primary N) is 1. The van der Waals surface area contributed by atoms with Crippen LogP contribution in [0.1, 0.15) is 22.5 Å². The van der Waals surface area contributed by atoms with Gasteiger partial charge in [0.1, 0.15) is 0 Å². The average Bonchev–Trinajstić information content (AvgIpc) is 2.68. The largest absolute Gasteiger partial charge is 0.381 e. The highest BCUT2D eigenvalue weighted by Crippen LogP contribution is 2.27. The van der Waals surface area contributed by atoms with Gasteiger partial charge in [-0.3, -0.25) is 9.36 Å². The van der Waals surface area contributed by atoms with Crippen molar-refractivity contribution in [2.75, 3.05) is 19.8 Å². The molecule has 2 heterocycles. The number of nitrogens with zero attached hydrogens (tertiary/aromatic N) is 1. The summed E-state index contributed by atoms with van der Waals surface area (Å²) in [5.41, 5.74) is 8.93. The van der Waals surface area contributed by atoms with Crippen molar-refractivity contribution >= 4 is 16.8 Å². The van der Waals surface area contributed by atoms with Crippen molar-refractivity contribution < 1.29 is 9.53 Å². The Kier molecular flexibility index (Phi) is 3.59. The molecule has 2 aromatic rings. The van der Waals surface area contributed by atoms with Crippen LogP contribution in [0.2, 0.25) is 0 Å². The fraction of sp³-hybridized carbons (Fsp3) is 0.438. The number of hydrogen-bond acceptors (Lipinski definition) is 3. The maximum Gasteiger partial charge on any atom is 0.231 e. The highest BCUT2D eigenvalue weighted by Gasteiger charge is 2.25. The normalized spacial score (nSPS) is 15.5. The number of benzene rings is 1. The van der Waals surface area contributed by atoms with Crippen LogP contribution < -0.4 is 5.73 Å². The zero-order valence-electron chi connectivity index (χ0n) is 11.8. The molecule has 0 spiro atoms. The van der Waals surface area contributed by atoms with Crippen LogP contribution in [0.4, 0.5) is 0 Å². The van der Waals surface area contributed by atoms with Gasteiger partial charge in [0.25, 0.3) is 0 Å². The minimum atomic E-state index is 0.162. The summed E-state index contributed by atoms with van der Waals surface area (Å²) < 4.78 is 7.01. The lowest BCUT2D eigenvalue weighted by atomic mass is 10.0. The number of carbonyl (C=O) groups excluding carboxylic acids is 1. The topological polar surface area (TPSA) is 57.2 Å². The van der Waals surface area contributed by atoms with E-state index in [0.29, 0.717) is 32.1 Å². The summed E-state index contributed by atoms with van der Waals surface area (Å²) in [5.74, 6) is 0.538. The lowest BCUT2D eigenvalue weighted by Gasteiger charge is -2.25. The van der Waals surface area contributed by atoms with Gasteiger partial charge >= 0.3 is 0 Å². The molecule has 1 saturated heterocycles. The van der Waals surface area contributed by atoms with E-state index in [-0.39, 0.29) is 5.91 Å². The van der Waals surface area contributed by atoms with Crippen molar-refractivity contribution in [2.24, 2.45) is 11.7 Å². The maximum absolute atomic E-state index is 12.6. The van der Waals surface area contributed by atoms with Crippen LogP contribution in [-0.4, -0.2) is 30.2 Å². The minimum absolute atomic E-state index is 0.162. The monoisotopic (exact) mass is 272 g/mol. The fourth-order valence-electron chi connectivity index (χ4n) is 2.96. The molecule has 1 fully saturated rings. The molecular formula is C16H20N2O2. The first-order chi connectivity index (χ1) is 9.72. The van der Waals surface area contributed by atoms with Gasteiger partial charge in [-0.05, 0) is 31.5 Å². The van der Waals surface area contributed by atoms with E-state index in [1.807, 2.05) is 29.7 Å². The van der Waals surface area contributed by atoms with Crippen LogP contribution in [0.15, 0.2) is 24.3 Å². The van der Waals surface area contributed by atoms with Gasteiger partial charge in [0, 0.05) is 23.4 Å². The third kappa shape index (κ3) is 2.15. The molecule has 0 unspecified atom stereocenters. The zero-order chi connectivity index (χ0) is 14.1. The molecule has 1 aliphatic rings. The first kappa shape index (κ1) is 13.3. The third-order valence-electron chi connectivity index (χ3n) is 4.06. The molecule has 0 bridgehead atoms. The van der Waals surface area contributed by atoms with E-state index >= 15 is 0 Å². The van der Waals surface area contributed by atoms with Crippen molar-refractivity contribution in [3.05, 3.63) is 35.5 Å². The molecule has 1 aromatic carbocycles. The van der Waals surface area contributed by atoms with Crippen molar-refractivity contribution in [1.29, 1.82) is 0 Å².